The van der Waals surface area contributed by atoms with Crippen LogP contribution in [0.4, 0.5) is 11.4 Å². The molecule has 0 heterocycles. The van der Waals surface area contributed by atoms with Crippen LogP contribution in [0.25, 0.3) is 0 Å². The molecule has 1 rings (SSSR count). The topological polar surface area (TPSA) is 84.6 Å². The van der Waals surface area contributed by atoms with Gasteiger partial charge in [-0.1, -0.05) is 23.2 Å². The van der Waals surface area contributed by atoms with E-state index >= 15 is 0 Å². The zero-order chi connectivity index (χ0) is 13.7. The van der Waals surface area contributed by atoms with Crippen LogP contribution in [0.3, 0.4) is 0 Å². The van der Waals surface area contributed by atoms with E-state index in [1.165, 1.54) is 13.2 Å². The van der Waals surface area contributed by atoms with Crippen LogP contribution in [0.15, 0.2) is 12.1 Å². The number of nitrogens with one attached hydrogen (secondary N) is 1. The third kappa shape index (κ3) is 3.99. The molecular weight excluding hydrogens is 283 g/mol. The Morgan fingerprint density at radius 2 is 2.11 bits per heavy atom. The monoisotopic (exact) mass is 294 g/mol. The number of methoxy groups -OCH3 is 1. The number of aliphatic hydroxyl groups is 1. The summed E-state index contributed by atoms with van der Waals surface area (Å²) in [5.41, 5.74) is -0.00132. The molecule has 2 N–H and O–H groups in total. The van der Waals surface area contributed by atoms with E-state index in [2.05, 4.69) is 5.32 Å². The van der Waals surface area contributed by atoms with E-state index in [1.54, 1.807) is 0 Å². The number of hydrogen-bond donors (Lipinski definition) is 2. The quantitative estimate of drug-likeness (QED) is 0.621. The molecule has 0 fully saturated rings. The molecule has 0 aliphatic heterocycles. The zero-order valence-electron chi connectivity index (χ0n) is 9.52. The van der Waals surface area contributed by atoms with Crippen LogP contribution in [0.2, 0.25) is 10.0 Å². The number of rotatable bonds is 6. The summed E-state index contributed by atoms with van der Waals surface area (Å²) in [5, 5.41) is 23.3. The molecule has 8 heteroatoms. The second kappa shape index (κ2) is 6.75. The lowest BCUT2D eigenvalue weighted by molar-refractivity contribution is -0.383. The number of ether oxygens (including phenoxy) is 1. The maximum absolute atomic E-state index is 10.8. The molecule has 100 valence electrons. The summed E-state index contributed by atoms with van der Waals surface area (Å²) >= 11 is 11.5. The minimum absolute atomic E-state index is 0.103. The average Bonchev–Trinajstić information content (AvgIpc) is 2.30. The van der Waals surface area contributed by atoms with Crippen molar-refractivity contribution in [2.75, 3.05) is 25.6 Å². The first-order chi connectivity index (χ1) is 8.45. The van der Waals surface area contributed by atoms with Gasteiger partial charge in [0.05, 0.1) is 27.7 Å². The first-order valence-corrected chi connectivity index (χ1v) is 5.75. The maximum atomic E-state index is 10.8. The van der Waals surface area contributed by atoms with Crippen molar-refractivity contribution in [1.82, 2.24) is 0 Å². The molecular formula is C10H12Cl2N2O4. The van der Waals surface area contributed by atoms with Crippen molar-refractivity contribution < 1.29 is 14.8 Å². The summed E-state index contributed by atoms with van der Waals surface area (Å²) in [4.78, 5) is 10.3. The van der Waals surface area contributed by atoms with Gasteiger partial charge in [-0.15, -0.1) is 0 Å². The van der Waals surface area contributed by atoms with Crippen LogP contribution in [-0.4, -0.2) is 36.4 Å². The Kier molecular flexibility index (Phi) is 5.61. The molecule has 1 atom stereocenters. The molecule has 0 bridgehead atoms. The highest BCUT2D eigenvalue weighted by atomic mass is 35.5. The number of halogens is 2. The van der Waals surface area contributed by atoms with Crippen LogP contribution < -0.4 is 5.32 Å². The number of hydrogen-bond acceptors (Lipinski definition) is 5. The van der Waals surface area contributed by atoms with Crippen molar-refractivity contribution in [3.63, 3.8) is 0 Å². The first kappa shape index (κ1) is 15.0. The molecule has 1 aromatic rings. The molecule has 0 aromatic heterocycles. The Labute approximate surface area is 114 Å². The molecule has 0 saturated heterocycles. The van der Waals surface area contributed by atoms with Gasteiger partial charge in [0.1, 0.15) is 5.69 Å². The lowest BCUT2D eigenvalue weighted by Gasteiger charge is -2.12. The Bertz CT molecular complexity index is 442. The van der Waals surface area contributed by atoms with Gasteiger partial charge in [-0.2, -0.15) is 0 Å². The Hall–Kier alpha value is -1.08. The zero-order valence-corrected chi connectivity index (χ0v) is 11.0. The van der Waals surface area contributed by atoms with E-state index < -0.39 is 11.0 Å². The van der Waals surface area contributed by atoms with E-state index in [0.717, 1.165) is 6.07 Å². The molecule has 1 aromatic carbocycles. The van der Waals surface area contributed by atoms with Gasteiger partial charge < -0.3 is 15.2 Å². The Balaban J connectivity index is 2.86. The highest BCUT2D eigenvalue weighted by Crippen LogP contribution is 2.33. The molecule has 18 heavy (non-hydrogen) atoms. The standard InChI is InChI=1S/C10H12Cl2N2O4/c1-18-5-6(15)4-13-9-2-7(11)8(12)3-10(9)14(16)17/h2-3,6,13,15H,4-5H2,1H3. The fourth-order valence-electron chi connectivity index (χ4n) is 1.31. The van der Waals surface area contributed by atoms with Gasteiger partial charge in [0.15, 0.2) is 0 Å². The highest BCUT2D eigenvalue weighted by molar-refractivity contribution is 6.42. The van der Waals surface area contributed by atoms with Crippen LogP contribution >= 0.6 is 23.2 Å². The van der Waals surface area contributed by atoms with E-state index in [-0.39, 0.29) is 34.6 Å². The number of nitro benzene ring substituents is 1. The van der Waals surface area contributed by atoms with E-state index in [0.29, 0.717) is 0 Å². The number of aliphatic hydroxyl groups excluding tert-OH is 1. The molecule has 0 aliphatic rings. The van der Waals surface area contributed by atoms with Crippen LogP contribution in [0.1, 0.15) is 0 Å². The second-order valence-electron chi connectivity index (χ2n) is 3.53. The van der Waals surface area contributed by atoms with E-state index in [1.807, 2.05) is 0 Å². The minimum Gasteiger partial charge on any atom is -0.389 e. The molecule has 0 radical (unpaired) electrons. The summed E-state index contributed by atoms with van der Waals surface area (Å²) in [6.45, 7) is 0.231. The van der Waals surface area contributed by atoms with E-state index in [4.69, 9.17) is 27.9 Å². The SMILES string of the molecule is COCC(O)CNc1cc(Cl)c(Cl)cc1[N+](=O)[O-]. The summed E-state index contributed by atoms with van der Waals surface area (Å²) in [6.07, 6.45) is -0.774. The normalized spacial score (nSPS) is 12.2. The second-order valence-corrected chi connectivity index (χ2v) is 4.35. The molecule has 6 nitrogen and oxygen atoms in total. The molecule has 0 amide bonds. The van der Waals surface area contributed by atoms with Crippen molar-refractivity contribution in [3.05, 3.63) is 32.3 Å². The van der Waals surface area contributed by atoms with Gasteiger partial charge >= 0.3 is 0 Å². The van der Waals surface area contributed by atoms with Crippen molar-refractivity contribution in [3.8, 4) is 0 Å². The molecule has 1 unspecified atom stereocenters. The lowest BCUT2D eigenvalue weighted by atomic mass is 10.2. The van der Waals surface area contributed by atoms with Crippen molar-refractivity contribution in [2.24, 2.45) is 0 Å². The van der Waals surface area contributed by atoms with Crippen LogP contribution in [0.5, 0.6) is 0 Å². The van der Waals surface area contributed by atoms with Crippen LogP contribution in [-0.2, 0) is 4.74 Å². The summed E-state index contributed by atoms with van der Waals surface area (Å²) in [5.74, 6) is 0. The summed E-state index contributed by atoms with van der Waals surface area (Å²) < 4.78 is 4.74. The van der Waals surface area contributed by atoms with Gasteiger partial charge in [0, 0.05) is 19.7 Å². The third-order valence-electron chi connectivity index (χ3n) is 2.12. The number of nitrogens with zero attached hydrogens (tertiary/aromatic N) is 1. The first-order valence-electron chi connectivity index (χ1n) is 5.00. The Morgan fingerprint density at radius 1 is 1.50 bits per heavy atom. The maximum Gasteiger partial charge on any atom is 0.293 e. The molecule has 0 saturated carbocycles. The van der Waals surface area contributed by atoms with Gasteiger partial charge in [-0.3, -0.25) is 10.1 Å². The van der Waals surface area contributed by atoms with Crippen molar-refractivity contribution >= 4 is 34.6 Å². The summed E-state index contributed by atoms with van der Waals surface area (Å²) in [6, 6.07) is 2.51. The number of benzene rings is 1. The predicted molar refractivity (Wildman–Crippen MR) is 69.5 cm³/mol. The van der Waals surface area contributed by atoms with Gasteiger partial charge in [-0.05, 0) is 6.07 Å². The van der Waals surface area contributed by atoms with Gasteiger partial charge in [0.2, 0.25) is 0 Å². The summed E-state index contributed by atoms with van der Waals surface area (Å²) in [7, 11) is 1.45. The van der Waals surface area contributed by atoms with Crippen LogP contribution in [0, 0.1) is 10.1 Å². The minimum atomic E-state index is -0.774. The number of anilines is 1. The highest BCUT2D eigenvalue weighted by Gasteiger charge is 2.17. The van der Waals surface area contributed by atoms with Gasteiger partial charge in [-0.25, -0.2) is 0 Å². The molecule has 0 aliphatic carbocycles. The van der Waals surface area contributed by atoms with Gasteiger partial charge in [0.25, 0.3) is 5.69 Å². The van der Waals surface area contributed by atoms with Crippen molar-refractivity contribution in [1.29, 1.82) is 0 Å². The average molecular weight is 295 g/mol. The largest absolute Gasteiger partial charge is 0.389 e. The fourth-order valence-corrected chi connectivity index (χ4v) is 1.63. The fraction of sp³-hybridized carbons (Fsp3) is 0.400. The molecule has 0 spiro atoms. The number of nitro groups is 1. The Morgan fingerprint density at radius 3 is 2.67 bits per heavy atom. The van der Waals surface area contributed by atoms with E-state index in [9.17, 15) is 15.2 Å². The predicted octanol–water partition coefficient (Wildman–Crippen LogP) is 2.32. The third-order valence-corrected chi connectivity index (χ3v) is 2.84. The smallest absolute Gasteiger partial charge is 0.293 e. The lowest BCUT2D eigenvalue weighted by Crippen LogP contribution is -2.24. The van der Waals surface area contributed by atoms with Crippen molar-refractivity contribution in [2.45, 2.75) is 6.10 Å².